The van der Waals surface area contributed by atoms with Crippen molar-refractivity contribution in [2.45, 2.75) is 50.6 Å². The van der Waals surface area contributed by atoms with Gasteiger partial charge in [0, 0.05) is 12.5 Å². The topological polar surface area (TPSA) is 38.3 Å². The zero-order valence-electron chi connectivity index (χ0n) is 9.29. The lowest BCUT2D eigenvalue weighted by atomic mass is 9.82. The standard InChI is InChI=1S/C11H17F2NO2/c1-2-16-11(15)9-4-6-3-7(12)5-8(13)10(6)14-9/h6-10,14H,2-5H2,1H3. The highest BCUT2D eigenvalue weighted by atomic mass is 19.1. The number of fused-ring (bicyclic) bond motifs is 1. The lowest BCUT2D eigenvalue weighted by Crippen LogP contribution is -2.45. The molecule has 0 amide bonds. The molecule has 0 aromatic carbocycles. The van der Waals surface area contributed by atoms with Crippen molar-refractivity contribution in [2.75, 3.05) is 6.61 Å². The van der Waals surface area contributed by atoms with Gasteiger partial charge >= 0.3 is 5.97 Å². The number of carbonyl (C=O) groups excluding carboxylic acids is 1. The number of halogens is 2. The van der Waals surface area contributed by atoms with E-state index in [1.807, 2.05) is 0 Å². The minimum Gasteiger partial charge on any atom is -0.465 e. The van der Waals surface area contributed by atoms with Gasteiger partial charge in [0.15, 0.2) is 0 Å². The molecule has 1 aliphatic heterocycles. The molecule has 5 atom stereocenters. The molecule has 5 heteroatoms. The minimum absolute atomic E-state index is 0.0519. The molecule has 2 fully saturated rings. The van der Waals surface area contributed by atoms with Gasteiger partial charge in [-0.25, -0.2) is 8.78 Å². The number of carbonyl (C=O) groups is 1. The third-order valence-electron chi connectivity index (χ3n) is 3.44. The minimum atomic E-state index is -1.19. The maximum absolute atomic E-state index is 13.6. The first-order valence-electron chi connectivity index (χ1n) is 5.82. The average Bonchev–Trinajstić information content (AvgIpc) is 2.62. The first-order chi connectivity index (χ1) is 7.61. The molecule has 92 valence electrons. The third kappa shape index (κ3) is 2.19. The second-order valence-corrected chi connectivity index (χ2v) is 4.58. The van der Waals surface area contributed by atoms with Crippen LogP contribution in [-0.4, -0.2) is 37.0 Å². The molecule has 1 aliphatic carbocycles. The van der Waals surface area contributed by atoms with E-state index in [1.54, 1.807) is 6.92 Å². The SMILES string of the molecule is CCOC(=O)C1CC2CC(F)CC(F)C2N1. The van der Waals surface area contributed by atoms with Crippen LogP contribution < -0.4 is 5.32 Å². The van der Waals surface area contributed by atoms with Crippen LogP contribution in [0.25, 0.3) is 0 Å². The van der Waals surface area contributed by atoms with E-state index >= 15 is 0 Å². The fraction of sp³-hybridized carbons (Fsp3) is 0.909. The Morgan fingerprint density at radius 2 is 2.12 bits per heavy atom. The quantitative estimate of drug-likeness (QED) is 0.732. The number of rotatable bonds is 2. The molecular formula is C11H17F2NO2. The average molecular weight is 233 g/mol. The van der Waals surface area contributed by atoms with E-state index in [9.17, 15) is 13.6 Å². The van der Waals surface area contributed by atoms with Crippen LogP contribution in [0, 0.1) is 5.92 Å². The smallest absolute Gasteiger partial charge is 0.323 e. The second-order valence-electron chi connectivity index (χ2n) is 4.58. The molecule has 0 spiro atoms. The molecule has 0 radical (unpaired) electrons. The van der Waals surface area contributed by atoms with Crippen molar-refractivity contribution < 1.29 is 18.3 Å². The van der Waals surface area contributed by atoms with E-state index in [4.69, 9.17) is 4.74 Å². The van der Waals surface area contributed by atoms with E-state index in [0.29, 0.717) is 19.4 Å². The summed E-state index contributed by atoms with van der Waals surface area (Å²) >= 11 is 0. The van der Waals surface area contributed by atoms with E-state index in [1.165, 1.54) is 0 Å². The van der Waals surface area contributed by atoms with Crippen molar-refractivity contribution in [3.05, 3.63) is 0 Å². The molecule has 0 aromatic rings. The van der Waals surface area contributed by atoms with Gasteiger partial charge in [0.2, 0.25) is 0 Å². The number of esters is 1. The lowest BCUT2D eigenvalue weighted by molar-refractivity contribution is -0.145. The van der Waals surface area contributed by atoms with Crippen LogP contribution in [0.5, 0.6) is 0 Å². The molecule has 1 saturated carbocycles. The van der Waals surface area contributed by atoms with Crippen molar-refractivity contribution in [3.8, 4) is 0 Å². The maximum atomic E-state index is 13.6. The Kier molecular flexibility index (Phi) is 3.42. The molecule has 2 aliphatic rings. The predicted molar refractivity (Wildman–Crippen MR) is 54.5 cm³/mol. The van der Waals surface area contributed by atoms with Gasteiger partial charge in [-0.1, -0.05) is 0 Å². The molecule has 5 unspecified atom stereocenters. The lowest BCUT2D eigenvalue weighted by Gasteiger charge is -2.30. The molecule has 1 heterocycles. The van der Waals surface area contributed by atoms with Gasteiger partial charge < -0.3 is 4.74 Å². The number of alkyl halides is 2. The summed E-state index contributed by atoms with van der Waals surface area (Å²) in [4.78, 5) is 11.5. The normalized spacial score (nSPS) is 42.8. The van der Waals surface area contributed by atoms with Crippen LogP contribution in [0.4, 0.5) is 8.78 Å². The van der Waals surface area contributed by atoms with E-state index in [2.05, 4.69) is 5.32 Å². The van der Waals surface area contributed by atoms with Crippen molar-refractivity contribution in [3.63, 3.8) is 0 Å². The zero-order chi connectivity index (χ0) is 11.7. The van der Waals surface area contributed by atoms with Crippen LogP contribution in [0.2, 0.25) is 0 Å². The van der Waals surface area contributed by atoms with Gasteiger partial charge in [0.1, 0.15) is 18.4 Å². The first kappa shape index (κ1) is 11.8. The summed E-state index contributed by atoms with van der Waals surface area (Å²) < 4.78 is 31.6. The van der Waals surface area contributed by atoms with Gasteiger partial charge in [-0.15, -0.1) is 0 Å². The molecule has 3 nitrogen and oxygen atoms in total. The van der Waals surface area contributed by atoms with Gasteiger partial charge in [-0.05, 0) is 25.7 Å². The molecular weight excluding hydrogens is 216 g/mol. The fourth-order valence-corrected chi connectivity index (χ4v) is 2.75. The maximum Gasteiger partial charge on any atom is 0.323 e. The third-order valence-corrected chi connectivity index (χ3v) is 3.44. The predicted octanol–water partition coefficient (Wildman–Crippen LogP) is 1.37. The number of ether oxygens (including phenoxy) is 1. The van der Waals surface area contributed by atoms with E-state index in [0.717, 1.165) is 0 Å². The fourth-order valence-electron chi connectivity index (χ4n) is 2.75. The molecule has 0 aromatic heterocycles. The van der Waals surface area contributed by atoms with Gasteiger partial charge in [-0.2, -0.15) is 0 Å². The number of nitrogens with one attached hydrogen (secondary N) is 1. The molecule has 1 N–H and O–H groups in total. The van der Waals surface area contributed by atoms with Crippen molar-refractivity contribution in [1.29, 1.82) is 0 Å². The Morgan fingerprint density at radius 3 is 2.81 bits per heavy atom. The van der Waals surface area contributed by atoms with Gasteiger partial charge in [0.05, 0.1) is 6.61 Å². The summed E-state index contributed by atoms with van der Waals surface area (Å²) in [5.41, 5.74) is 0. The monoisotopic (exact) mass is 233 g/mol. The number of hydrogen-bond donors (Lipinski definition) is 1. The van der Waals surface area contributed by atoms with Crippen molar-refractivity contribution in [1.82, 2.24) is 5.32 Å². The molecule has 2 rings (SSSR count). The summed E-state index contributed by atoms with van der Waals surface area (Å²) in [6.07, 6.45) is -1.46. The Balaban J connectivity index is 1.97. The Morgan fingerprint density at radius 1 is 1.38 bits per heavy atom. The van der Waals surface area contributed by atoms with Crippen LogP contribution in [0.3, 0.4) is 0 Å². The first-order valence-corrected chi connectivity index (χ1v) is 5.82. The molecule has 1 saturated heterocycles. The summed E-state index contributed by atoms with van der Waals surface area (Å²) in [5.74, 6) is -0.423. The number of hydrogen-bond acceptors (Lipinski definition) is 3. The van der Waals surface area contributed by atoms with Crippen LogP contribution >= 0.6 is 0 Å². The molecule has 0 bridgehead atoms. The Hall–Kier alpha value is -0.710. The largest absolute Gasteiger partial charge is 0.465 e. The molecule has 16 heavy (non-hydrogen) atoms. The Labute approximate surface area is 93.5 Å². The van der Waals surface area contributed by atoms with Crippen molar-refractivity contribution in [2.24, 2.45) is 5.92 Å². The highest BCUT2D eigenvalue weighted by molar-refractivity contribution is 5.76. The summed E-state index contributed by atoms with van der Waals surface area (Å²) in [6, 6.07) is -0.833. The van der Waals surface area contributed by atoms with Crippen LogP contribution in [0.15, 0.2) is 0 Å². The van der Waals surface area contributed by atoms with Gasteiger partial charge in [-0.3, -0.25) is 10.1 Å². The van der Waals surface area contributed by atoms with Gasteiger partial charge in [0.25, 0.3) is 0 Å². The van der Waals surface area contributed by atoms with Crippen molar-refractivity contribution >= 4 is 5.97 Å². The van der Waals surface area contributed by atoms with Crippen LogP contribution in [-0.2, 0) is 9.53 Å². The highest BCUT2D eigenvalue weighted by Gasteiger charge is 2.46. The second kappa shape index (κ2) is 4.65. The Bertz CT molecular complexity index is 275. The summed E-state index contributed by atoms with van der Waals surface area (Å²) in [7, 11) is 0. The van der Waals surface area contributed by atoms with E-state index in [-0.39, 0.29) is 24.3 Å². The summed E-state index contributed by atoms with van der Waals surface area (Å²) in [6.45, 7) is 2.05. The summed E-state index contributed by atoms with van der Waals surface area (Å²) in [5, 5.41) is 2.93. The zero-order valence-corrected chi connectivity index (χ0v) is 9.29. The van der Waals surface area contributed by atoms with E-state index < -0.39 is 18.4 Å². The highest BCUT2D eigenvalue weighted by Crippen LogP contribution is 2.36. The van der Waals surface area contributed by atoms with Crippen LogP contribution in [0.1, 0.15) is 26.2 Å².